The van der Waals surface area contributed by atoms with Gasteiger partial charge in [-0.1, -0.05) is 12.2 Å². The summed E-state index contributed by atoms with van der Waals surface area (Å²) in [7, 11) is 0. The Balaban J connectivity index is -0.000000144. The van der Waals surface area contributed by atoms with Gasteiger partial charge in [0.15, 0.2) is 0 Å². The van der Waals surface area contributed by atoms with Crippen LogP contribution in [0.25, 0.3) is 11.2 Å². The summed E-state index contributed by atoms with van der Waals surface area (Å²) in [5, 5.41) is 0. The van der Waals surface area contributed by atoms with Crippen LogP contribution < -0.4 is 0 Å². The van der Waals surface area contributed by atoms with Crippen LogP contribution in [0.2, 0.25) is 0 Å². The standard InChI is InChI=1S/C6H5O.2NO.V/c7-5-6-3-1-2-4-6;2*1-2;/h1-4,6H;;;/q3*-1;. The van der Waals surface area contributed by atoms with E-state index in [9.17, 15) is 4.79 Å². The van der Waals surface area contributed by atoms with Crippen molar-refractivity contribution in [1.29, 1.82) is 0 Å². The molecule has 12 heavy (non-hydrogen) atoms. The van der Waals surface area contributed by atoms with E-state index in [0.717, 1.165) is 0 Å². The molecule has 0 amide bonds. The summed E-state index contributed by atoms with van der Waals surface area (Å²) < 4.78 is 0. The molecule has 0 aliphatic heterocycles. The molecule has 6 heteroatoms. The second-order valence-corrected chi connectivity index (χ2v) is 1.41. The number of rotatable bonds is 1. The number of hydrogen-bond acceptors (Lipinski definition) is 3. The topological polar surface area (TPSA) is 95.8 Å². The molecule has 1 rings (SSSR count). The summed E-state index contributed by atoms with van der Waals surface area (Å²) in [4.78, 5) is 24.3. The molecule has 1 radical (unpaired) electrons. The summed E-state index contributed by atoms with van der Waals surface area (Å²) in [6.07, 6.45) is 9.12. The van der Waals surface area contributed by atoms with Crippen LogP contribution in [0.3, 0.4) is 0 Å². The van der Waals surface area contributed by atoms with Crippen LogP contribution in [-0.2, 0) is 23.4 Å². The van der Waals surface area contributed by atoms with Crippen LogP contribution >= 0.6 is 0 Å². The summed E-state index contributed by atoms with van der Waals surface area (Å²) in [5.41, 5.74) is 11.5. The minimum absolute atomic E-state index is 0. The molecule has 0 N–H and O–H groups in total. The van der Waals surface area contributed by atoms with Crippen molar-refractivity contribution in [3.05, 3.63) is 45.3 Å². The van der Waals surface area contributed by atoms with Crippen molar-refractivity contribution in [3.8, 4) is 0 Å². The van der Waals surface area contributed by atoms with E-state index in [4.69, 9.17) is 21.0 Å². The smallest absolute Gasteiger partial charge is 0 e. The van der Waals surface area contributed by atoms with Gasteiger partial charge in [-0.3, -0.25) is 6.29 Å². The van der Waals surface area contributed by atoms with Crippen molar-refractivity contribution in [2.75, 3.05) is 0 Å². The molecule has 0 saturated carbocycles. The van der Waals surface area contributed by atoms with Crippen molar-refractivity contribution in [2.24, 2.45) is 5.92 Å². The molecule has 0 atom stereocenters. The summed E-state index contributed by atoms with van der Waals surface area (Å²) in [6.45, 7) is 0. The maximum Gasteiger partial charge on any atom is 0 e. The van der Waals surface area contributed by atoms with Gasteiger partial charge in [0.05, 0.1) is 0 Å². The minimum atomic E-state index is -0.0694. The van der Waals surface area contributed by atoms with Crippen molar-refractivity contribution in [3.63, 3.8) is 0 Å². The Morgan fingerprint density at radius 3 is 1.50 bits per heavy atom. The predicted octanol–water partition coefficient (Wildman–Crippen LogP) is 1.48. The molecule has 1 aliphatic rings. The third kappa shape index (κ3) is 8.93. The molecule has 0 unspecified atom stereocenters. The first-order valence-electron chi connectivity index (χ1n) is 2.52. The number of allylic oxidation sites excluding steroid dienone is 4. The fraction of sp³-hybridized carbons (Fsp3) is 0.167. The van der Waals surface area contributed by atoms with Crippen molar-refractivity contribution in [2.45, 2.75) is 0 Å². The second kappa shape index (κ2) is 16.5. The molecule has 0 fully saturated rings. The van der Waals surface area contributed by atoms with Crippen molar-refractivity contribution in [1.82, 2.24) is 0 Å². The van der Waals surface area contributed by atoms with Gasteiger partial charge in [-0.2, -0.15) is 0 Å². The Bertz CT molecular complexity index is 147. The van der Waals surface area contributed by atoms with E-state index in [1.807, 2.05) is 18.4 Å². The normalized spacial score (nSPS) is 11.3. The average molecular weight is 204 g/mol. The summed E-state index contributed by atoms with van der Waals surface area (Å²) >= 11 is 0. The summed E-state index contributed by atoms with van der Waals surface area (Å²) in [6, 6.07) is 0. The van der Waals surface area contributed by atoms with Crippen LogP contribution in [0, 0.1) is 15.7 Å². The number of nitrogens with zero attached hydrogens (tertiary/aromatic N) is 2. The first kappa shape index (κ1) is 17.1. The van der Waals surface area contributed by atoms with Gasteiger partial charge in [-0.05, 0) is 0 Å². The van der Waals surface area contributed by atoms with E-state index in [2.05, 4.69) is 0 Å². The van der Waals surface area contributed by atoms with Crippen LogP contribution in [0.15, 0.2) is 24.3 Å². The van der Waals surface area contributed by atoms with Crippen LogP contribution in [0.5, 0.6) is 0 Å². The Morgan fingerprint density at radius 1 is 1.00 bits per heavy atom. The quantitative estimate of drug-likeness (QED) is 0.605. The van der Waals surface area contributed by atoms with E-state index in [-0.39, 0.29) is 24.5 Å². The Hall–Kier alpha value is -1.07. The van der Waals surface area contributed by atoms with E-state index in [1.54, 1.807) is 12.2 Å². The van der Waals surface area contributed by atoms with Crippen molar-refractivity contribution < 1.29 is 23.4 Å². The molecule has 5 nitrogen and oxygen atoms in total. The Labute approximate surface area is 81.3 Å². The molecule has 0 aromatic carbocycles. The fourth-order valence-electron chi connectivity index (χ4n) is 0.510. The third-order valence-electron chi connectivity index (χ3n) is 0.884. The van der Waals surface area contributed by atoms with Gasteiger partial charge in [-0.25, -0.2) is 0 Å². The second-order valence-electron chi connectivity index (χ2n) is 1.41. The molecule has 0 aromatic heterocycles. The Kier molecular flexibility index (Phi) is 23.6. The monoisotopic (exact) mass is 204 g/mol. The zero-order chi connectivity index (χ0) is 9.11. The maximum absolute atomic E-state index is 9.78. The fourth-order valence-corrected chi connectivity index (χ4v) is 0.510. The van der Waals surface area contributed by atoms with Gasteiger partial charge in [-0.15, -0.1) is 18.1 Å². The first-order chi connectivity index (χ1) is 5.43. The minimum Gasteiger partial charge on any atom is -0.577 e. The van der Waals surface area contributed by atoms with Gasteiger partial charge in [0.2, 0.25) is 0 Å². The molecule has 0 saturated heterocycles. The molecule has 65 valence electrons. The van der Waals surface area contributed by atoms with Crippen molar-refractivity contribution >= 4 is 6.29 Å². The molecule has 0 heterocycles. The van der Waals surface area contributed by atoms with Gasteiger partial charge in [0.25, 0.3) is 0 Å². The molecular weight excluding hydrogens is 199 g/mol. The maximum atomic E-state index is 9.78. The third-order valence-corrected chi connectivity index (χ3v) is 0.884. The predicted molar refractivity (Wildman–Crippen MR) is 40.9 cm³/mol. The zero-order valence-corrected chi connectivity index (χ0v) is 7.35. The van der Waals surface area contributed by atoms with Gasteiger partial charge < -0.3 is 25.8 Å². The number of carbonyl (C=O) groups excluding carboxylic acids is 1. The van der Waals surface area contributed by atoms with E-state index in [0.29, 0.717) is 0 Å². The number of nitroso groups, excluding NO2 is 2. The summed E-state index contributed by atoms with van der Waals surface area (Å²) in [5.74, 6) is -0.0694. The van der Waals surface area contributed by atoms with E-state index in [1.165, 1.54) is 0 Å². The molecule has 1 aliphatic carbocycles. The molecule has 0 bridgehead atoms. The number of hydrogen-bond donors (Lipinski definition) is 0. The first-order valence-corrected chi connectivity index (χ1v) is 2.52. The van der Waals surface area contributed by atoms with Crippen LogP contribution in [-0.4, -0.2) is 6.29 Å². The van der Waals surface area contributed by atoms with Gasteiger partial charge in [0.1, 0.15) is 0 Å². The van der Waals surface area contributed by atoms with E-state index < -0.39 is 0 Å². The van der Waals surface area contributed by atoms with Gasteiger partial charge >= 0.3 is 0 Å². The zero-order valence-electron chi connectivity index (χ0n) is 5.95. The molecule has 0 spiro atoms. The molecule has 0 aromatic rings. The molecular formula is C6H5N2O3V-3. The SMILES string of the molecule is O=[C-]C1C=CC=C1.[N-]=O.[N-]=O.[V]. The van der Waals surface area contributed by atoms with E-state index >= 15 is 0 Å². The van der Waals surface area contributed by atoms with Crippen LogP contribution in [0.1, 0.15) is 0 Å². The average Bonchev–Trinajstić information content (AvgIpc) is 2.63. The van der Waals surface area contributed by atoms with Crippen LogP contribution in [0.4, 0.5) is 0 Å². The largest absolute Gasteiger partial charge is 0.577 e. The van der Waals surface area contributed by atoms with Gasteiger partial charge in [0, 0.05) is 18.6 Å². The Morgan fingerprint density at radius 2 is 1.33 bits per heavy atom.